The van der Waals surface area contributed by atoms with Gasteiger partial charge in [0.2, 0.25) is 0 Å². The average molecular weight is 1000 g/mol. The van der Waals surface area contributed by atoms with Crippen molar-refractivity contribution >= 4 is 17.9 Å². The van der Waals surface area contributed by atoms with E-state index in [2.05, 4.69) is 130 Å². The summed E-state index contributed by atoms with van der Waals surface area (Å²) >= 11 is 0. The minimum Gasteiger partial charge on any atom is -0.462 e. The molecule has 0 rings (SSSR count). The third-order valence-corrected chi connectivity index (χ3v) is 12.5. The predicted molar refractivity (Wildman–Crippen MR) is 311 cm³/mol. The molecule has 0 aliphatic carbocycles. The zero-order valence-electron chi connectivity index (χ0n) is 46.9. The largest absolute Gasteiger partial charge is 0.462 e. The second-order valence-electron chi connectivity index (χ2n) is 19.5. The van der Waals surface area contributed by atoms with Crippen LogP contribution in [0.5, 0.6) is 0 Å². The summed E-state index contributed by atoms with van der Waals surface area (Å²) in [6.07, 6.45) is 80.8. The number of rotatable bonds is 53. The van der Waals surface area contributed by atoms with Crippen molar-refractivity contribution in [1.82, 2.24) is 0 Å². The molecular weight excluding hydrogens is 889 g/mol. The van der Waals surface area contributed by atoms with Crippen LogP contribution in [0.2, 0.25) is 0 Å². The van der Waals surface area contributed by atoms with E-state index in [1.165, 1.54) is 109 Å². The van der Waals surface area contributed by atoms with Gasteiger partial charge in [-0.05, 0) is 109 Å². The summed E-state index contributed by atoms with van der Waals surface area (Å²) in [5, 5.41) is 0. The van der Waals surface area contributed by atoms with Gasteiger partial charge in [0.05, 0.1) is 0 Å². The van der Waals surface area contributed by atoms with Crippen LogP contribution in [0, 0.1) is 0 Å². The predicted octanol–water partition coefficient (Wildman–Crippen LogP) is 20.3. The Kier molecular flexibility index (Phi) is 56.4. The van der Waals surface area contributed by atoms with E-state index in [-0.39, 0.29) is 37.5 Å². The second kappa shape index (κ2) is 59.6. The van der Waals surface area contributed by atoms with E-state index in [1.807, 2.05) is 0 Å². The van der Waals surface area contributed by atoms with Gasteiger partial charge in [-0.3, -0.25) is 14.4 Å². The Morgan fingerprint density at radius 1 is 0.292 bits per heavy atom. The van der Waals surface area contributed by atoms with Crippen LogP contribution in [0.25, 0.3) is 0 Å². The Bertz CT molecular complexity index is 1470. The van der Waals surface area contributed by atoms with Crippen LogP contribution >= 0.6 is 0 Å². The topological polar surface area (TPSA) is 78.9 Å². The van der Waals surface area contributed by atoms with Gasteiger partial charge < -0.3 is 14.2 Å². The van der Waals surface area contributed by atoms with Gasteiger partial charge >= 0.3 is 17.9 Å². The fraction of sp³-hybridized carbons (Fsp3) is 0.682. The van der Waals surface area contributed by atoms with Gasteiger partial charge in [-0.15, -0.1) is 0 Å². The number of esters is 3. The summed E-state index contributed by atoms with van der Waals surface area (Å²) in [4.78, 5) is 38.2. The molecule has 1 atom stereocenters. The lowest BCUT2D eigenvalue weighted by molar-refractivity contribution is -0.167. The standard InChI is InChI=1S/C66H110O6/c1-4-7-10-13-16-19-22-25-28-31-33-35-38-41-44-47-50-53-56-59-65(68)71-62-63(61-70-64(67)58-55-52-49-46-43-40-37-30-27-24-21-18-15-12-9-6-3)72-66(69)60-57-54-51-48-45-42-39-36-34-32-29-26-23-20-17-14-11-8-5-2/h7,10,16-17,19-20,25-26,28-29,33-36,41-42,44-45,63H,4-6,8-9,11-15,18,21-24,27,30-32,37-40,43,46-62H2,1-3H3/b10-7+,19-16+,20-17+,28-25+,29-26+,35-33+,36-34+,44-41+,45-42+/t63-/m1/s1. The van der Waals surface area contributed by atoms with E-state index in [0.717, 1.165) is 122 Å². The van der Waals surface area contributed by atoms with Gasteiger partial charge in [-0.2, -0.15) is 0 Å². The van der Waals surface area contributed by atoms with Crippen molar-refractivity contribution in [3.05, 3.63) is 109 Å². The van der Waals surface area contributed by atoms with Gasteiger partial charge in [0.15, 0.2) is 6.10 Å². The van der Waals surface area contributed by atoms with E-state index >= 15 is 0 Å². The summed E-state index contributed by atoms with van der Waals surface area (Å²) in [5.41, 5.74) is 0. The Morgan fingerprint density at radius 3 is 0.875 bits per heavy atom. The van der Waals surface area contributed by atoms with Crippen LogP contribution in [0.3, 0.4) is 0 Å². The molecule has 6 heteroatoms. The molecule has 0 fully saturated rings. The van der Waals surface area contributed by atoms with Gasteiger partial charge in [-0.25, -0.2) is 0 Å². The van der Waals surface area contributed by atoms with Gasteiger partial charge in [0.1, 0.15) is 13.2 Å². The first-order valence-electron chi connectivity index (χ1n) is 29.9. The lowest BCUT2D eigenvalue weighted by Gasteiger charge is -2.18. The normalized spacial score (nSPS) is 12.9. The second-order valence-corrected chi connectivity index (χ2v) is 19.5. The summed E-state index contributed by atoms with van der Waals surface area (Å²) in [6.45, 7) is 6.46. The van der Waals surface area contributed by atoms with Crippen molar-refractivity contribution < 1.29 is 28.6 Å². The number of unbranched alkanes of at least 4 members (excludes halogenated alkanes) is 24. The first-order valence-corrected chi connectivity index (χ1v) is 29.9. The molecule has 0 aromatic carbocycles. The highest BCUT2D eigenvalue weighted by Crippen LogP contribution is 2.15. The lowest BCUT2D eigenvalue weighted by atomic mass is 10.0. The molecule has 410 valence electrons. The maximum absolute atomic E-state index is 12.9. The fourth-order valence-electron chi connectivity index (χ4n) is 8.04. The minimum atomic E-state index is -0.810. The Morgan fingerprint density at radius 2 is 0.542 bits per heavy atom. The van der Waals surface area contributed by atoms with Crippen molar-refractivity contribution in [3.63, 3.8) is 0 Å². The van der Waals surface area contributed by atoms with Crippen molar-refractivity contribution in [1.29, 1.82) is 0 Å². The van der Waals surface area contributed by atoms with Crippen molar-refractivity contribution in [2.45, 2.75) is 277 Å². The molecule has 0 aromatic rings. The highest BCUT2D eigenvalue weighted by molar-refractivity contribution is 5.71. The molecule has 72 heavy (non-hydrogen) atoms. The van der Waals surface area contributed by atoms with Gasteiger partial charge in [-0.1, -0.05) is 252 Å². The fourth-order valence-corrected chi connectivity index (χ4v) is 8.04. The van der Waals surface area contributed by atoms with Crippen LogP contribution in [0.15, 0.2) is 109 Å². The van der Waals surface area contributed by atoms with Crippen molar-refractivity contribution in [2.24, 2.45) is 0 Å². The van der Waals surface area contributed by atoms with Crippen LogP contribution < -0.4 is 0 Å². The number of hydrogen-bond acceptors (Lipinski definition) is 6. The molecule has 0 radical (unpaired) electrons. The molecular formula is C66H110O6. The van der Waals surface area contributed by atoms with Gasteiger partial charge in [0.25, 0.3) is 0 Å². The molecule has 0 aliphatic heterocycles. The summed E-state index contributed by atoms with van der Waals surface area (Å²) in [6, 6.07) is 0. The molecule has 0 aromatic heterocycles. The number of carbonyl (C=O) groups excluding carboxylic acids is 3. The average Bonchev–Trinajstić information content (AvgIpc) is 3.38. The van der Waals surface area contributed by atoms with E-state index in [1.54, 1.807) is 0 Å². The van der Waals surface area contributed by atoms with Crippen LogP contribution in [-0.4, -0.2) is 37.2 Å². The maximum atomic E-state index is 12.9. The Hall–Kier alpha value is -3.93. The van der Waals surface area contributed by atoms with Gasteiger partial charge in [0, 0.05) is 19.3 Å². The third-order valence-electron chi connectivity index (χ3n) is 12.5. The smallest absolute Gasteiger partial charge is 0.306 e. The molecule has 0 aliphatic rings. The zero-order chi connectivity index (χ0) is 52.2. The maximum Gasteiger partial charge on any atom is 0.306 e. The summed E-state index contributed by atoms with van der Waals surface area (Å²) in [5.74, 6) is -0.961. The molecule has 0 saturated carbocycles. The monoisotopic (exact) mass is 999 g/mol. The Balaban J connectivity index is 4.51. The van der Waals surface area contributed by atoms with Crippen molar-refractivity contribution in [3.8, 4) is 0 Å². The van der Waals surface area contributed by atoms with Crippen LogP contribution in [0.1, 0.15) is 271 Å². The third kappa shape index (κ3) is 57.0. The molecule has 0 heterocycles. The summed E-state index contributed by atoms with van der Waals surface area (Å²) < 4.78 is 16.8. The lowest BCUT2D eigenvalue weighted by Crippen LogP contribution is -2.30. The molecule has 0 spiro atoms. The van der Waals surface area contributed by atoms with E-state index in [9.17, 15) is 14.4 Å². The first-order chi connectivity index (χ1) is 35.5. The molecule has 6 nitrogen and oxygen atoms in total. The zero-order valence-corrected chi connectivity index (χ0v) is 46.9. The molecule has 0 unspecified atom stereocenters. The van der Waals surface area contributed by atoms with Crippen LogP contribution in [0.4, 0.5) is 0 Å². The minimum absolute atomic E-state index is 0.101. The number of allylic oxidation sites excluding steroid dienone is 18. The number of ether oxygens (including phenoxy) is 3. The van der Waals surface area contributed by atoms with E-state index in [0.29, 0.717) is 12.8 Å². The number of carbonyl (C=O) groups is 3. The van der Waals surface area contributed by atoms with Crippen LogP contribution in [-0.2, 0) is 28.6 Å². The quantitative estimate of drug-likeness (QED) is 0.0261. The Labute approximate surface area is 444 Å². The van der Waals surface area contributed by atoms with E-state index < -0.39 is 6.10 Å². The SMILES string of the molecule is CC/C=C/C/C=C/C/C=C/C/C=C/C/C=C/CCCCCC(=O)OC[C@@H](COC(=O)CCCCCCCCCCCCCCCCCC)OC(=O)CCCCC/C=C/C/C=C/C/C=C/C/C=C/CCCCC. The number of hydrogen-bond donors (Lipinski definition) is 0. The first kappa shape index (κ1) is 68.1. The van der Waals surface area contributed by atoms with E-state index in [4.69, 9.17) is 14.2 Å². The molecule has 0 N–H and O–H groups in total. The molecule has 0 saturated heterocycles. The molecule has 0 bridgehead atoms. The molecule has 0 amide bonds. The highest BCUT2D eigenvalue weighted by Gasteiger charge is 2.19. The van der Waals surface area contributed by atoms with Crippen molar-refractivity contribution in [2.75, 3.05) is 13.2 Å². The summed E-state index contributed by atoms with van der Waals surface area (Å²) in [7, 11) is 0. The highest BCUT2D eigenvalue weighted by atomic mass is 16.6.